The van der Waals surface area contributed by atoms with Gasteiger partial charge in [-0.2, -0.15) is 9.78 Å². The molecule has 0 aliphatic carbocycles. The minimum absolute atomic E-state index is 0.0145. The second kappa shape index (κ2) is 12.7. The van der Waals surface area contributed by atoms with Crippen molar-refractivity contribution in [2.45, 2.75) is 45.9 Å². The molecule has 0 bridgehead atoms. The Morgan fingerprint density at radius 3 is 2.56 bits per heavy atom. The lowest BCUT2D eigenvalue weighted by molar-refractivity contribution is -0.384. The number of hydrogen-bond donors (Lipinski definition) is 1. The lowest BCUT2D eigenvalue weighted by atomic mass is 10.1. The number of nitrogens with zero attached hydrogens (tertiary/aromatic N) is 4. The van der Waals surface area contributed by atoms with Crippen LogP contribution in [0.2, 0.25) is 5.02 Å². The number of aromatic nitrogens is 2. The second-order valence-corrected chi connectivity index (χ2v) is 11.1. The molecule has 0 amide bonds. The van der Waals surface area contributed by atoms with Crippen LogP contribution in [-0.2, 0) is 11.3 Å². The summed E-state index contributed by atoms with van der Waals surface area (Å²) in [5, 5.41) is 27.5. The number of carbonyl (C=O) groups excluding carboxylic acids is 1. The maximum atomic E-state index is 12.7. The van der Waals surface area contributed by atoms with Crippen LogP contribution in [0.4, 0.5) is 10.5 Å². The van der Waals surface area contributed by atoms with Crippen LogP contribution in [0.1, 0.15) is 43.7 Å². The molecule has 216 valence electrons. The van der Waals surface area contributed by atoms with E-state index in [-0.39, 0.29) is 23.9 Å². The molecular weight excluding hydrogens is 548 g/mol. The molecule has 0 radical (unpaired) electrons. The number of ether oxygens (including phenoxy) is 2. The SMILES string of the molecule is Cc1nn(C(=O)OC(C)(C)C)c2cc(OCCN(Cc3ccccc3)CC(O)c3ccc(Cl)c([N+](=O)[O-])c3)ccc12. The molecule has 1 aromatic heterocycles. The Kier molecular flexibility index (Phi) is 9.27. The summed E-state index contributed by atoms with van der Waals surface area (Å²) in [4.78, 5) is 25.5. The first kappa shape index (κ1) is 30.0. The zero-order valence-corrected chi connectivity index (χ0v) is 24.2. The number of nitro groups is 1. The molecule has 11 heteroatoms. The Bertz CT molecular complexity index is 1530. The Hall–Kier alpha value is -3.99. The van der Waals surface area contributed by atoms with Crippen molar-refractivity contribution < 1.29 is 24.3 Å². The standard InChI is InChI=1S/C30H33ClN4O6/c1-20-24-12-11-23(17-26(24)34(32-20)29(37)41-30(2,3)4)40-15-14-33(18-21-8-6-5-7-9-21)19-28(36)22-10-13-25(31)27(16-22)35(38)39/h5-13,16-17,28,36H,14-15,18-19H2,1-4H3. The summed E-state index contributed by atoms with van der Waals surface area (Å²) in [5.74, 6) is 0.552. The lowest BCUT2D eigenvalue weighted by Gasteiger charge is -2.25. The third kappa shape index (κ3) is 7.81. The molecule has 0 fully saturated rings. The molecule has 41 heavy (non-hydrogen) atoms. The molecule has 0 saturated heterocycles. The van der Waals surface area contributed by atoms with Gasteiger partial charge in [-0.05, 0) is 57.0 Å². The first-order valence-electron chi connectivity index (χ1n) is 13.1. The molecule has 1 N–H and O–H groups in total. The molecule has 1 atom stereocenters. The molecular formula is C30H33ClN4O6. The van der Waals surface area contributed by atoms with Crippen molar-refractivity contribution in [2.75, 3.05) is 19.7 Å². The van der Waals surface area contributed by atoms with Crippen LogP contribution in [0, 0.1) is 17.0 Å². The summed E-state index contributed by atoms with van der Waals surface area (Å²) in [6.07, 6.45) is -1.56. The number of hydrogen-bond acceptors (Lipinski definition) is 8. The third-order valence-corrected chi connectivity index (χ3v) is 6.63. The van der Waals surface area contributed by atoms with Gasteiger partial charge in [-0.1, -0.05) is 48.0 Å². The molecule has 4 aromatic rings. The summed E-state index contributed by atoms with van der Waals surface area (Å²) in [7, 11) is 0. The van der Waals surface area contributed by atoms with Gasteiger partial charge < -0.3 is 14.6 Å². The highest BCUT2D eigenvalue weighted by Crippen LogP contribution is 2.29. The van der Waals surface area contributed by atoms with E-state index >= 15 is 0 Å². The number of aliphatic hydroxyl groups is 1. The topological polar surface area (TPSA) is 120 Å². The average Bonchev–Trinajstić information content (AvgIpc) is 3.24. The fourth-order valence-electron chi connectivity index (χ4n) is 4.38. The van der Waals surface area contributed by atoms with Crippen LogP contribution in [0.5, 0.6) is 5.75 Å². The summed E-state index contributed by atoms with van der Waals surface area (Å²) in [5.41, 5.74) is 1.80. The van der Waals surface area contributed by atoms with E-state index in [2.05, 4.69) is 5.10 Å². The van der Waals surface area contributed by atoms with E-state index in [1.807, 2.05) is 54.3 Å². The van der Waals surface area contributed by atoms with Crippen LogP contribution in [0.25, 0.3) is 10.9 Å². The summed E-state index contributed by atoms with van der Waals surface area (Å²) in [6.45, 7) is 8.68. The Labute approximate surface area is 243 Å². The van der Waals surface area contributed by atoms with Gasteiger partial charge in [0.2, 0.25) is 0 Å². The fraction of sp³-hybridized carbons (Fsp3) is 0.333. The monoisotopic (exact) mass is 580 g/mol. The molecule has 0 aliphatic heterocycles. The van der Waals surface area contributed by atoms with Crippen molar-refractivity contribution in [3.63, 3.8) is 0 Å². The number of fused-ring (bicyclic) bond motifs is 1. The third-order valence-electron chi connectivity index (χ3n) is 6.31. The van der Waals surface area contributed by atoms with Crippen LogP contribution < -0.4 is 4.74 Å². The van der Waals surface area contributed by atoms with Gasteiger partial charge in [0.05, 0.1) is 22.2 Å². The summed E-state index contributed by atoms with van der Waals surface area (Å²) < 4.78 is 12.8. The highest BCUT2D eigenvalue weighted by Gasteiger charge is 2.22. The van der Waals surface area contributed by atoms with Gasteiger partial charge in [0, 0.05) is 37.2 Å². The van der Waals surface area contributed by atoms with Gasteiger partial charge in [-0.15, -0.1) is 0 Å². The lowest BCUT2D eigenvalue weighted by Crippen LogP contribution is -2.32. The van der Waals surface area contributed by atoms with Gasteiger partial charge in [0.15, 0.2) is 0 Å². The summed E-state index contributed by atoms with van der Waals surface area (Å²) >= 11 is 5.95. The van der Waals surface area contributed by atoms with Crippen molar-refractivity contribution in [3.8, 4) is 5.75 Å². The first-order valence-corrected chi connectivity index (χ1v) is 13.5. The number of carbonyl (C=O) groups is 1. The van der Waals surface area contributed by atoms with Crippen LogP contribution in [0.3, 0.4) is 0 Å². The summed E-state index contributed by atoms with van der Waals surface area (Å²) in [6, 6.07) is 19.5. The fourth-order valence-corrected chi connectivity index (χ4v) is 4.57. The van der Waals surface area contributed by atoms with E-state index < -0.39 is 22.7 Å². The highest BCUT2D eigenvalue weighted by atomic mass is 35.5. The predicted octanol–water partition coefficient (Wildman–Crippen LogP) is 6.30. The van der Waals surface area contributed by atoms with E-state index in [4.69, 9.17) is 21.1 Å². The maximum absolute atomic E-state index is 12.7. The van der Waals surface area contributed by atoms with E-state index in [1.54, 1.807) is 32.9 Å². The Morgan fingerprint density at radius 2 is 1.88 bits per heavy atom. The van der Waals surface area contributed by atoms with Crippen molar-refractivity contribution in [2.24, 2.45) is 0 Å². The maximum Gasteiger partial charge on any atom is 0.435 e. The molecule has 1 unspecified atom stereocenters. The molecule has 1 heterocycles. The molecule has 4 rings (SSSR count). The number of nitro benzene ring substituents is 1. The van der Waals surface area contributed by atoms with Crippen molar-refractivity contribution in [1.82, 2.24) is 14.7 Å². The van der Waals surface area contributed by atoms with Gasteiger partial charge in [-0.3, -0.25) is 15.0 Å². The number of halogens is 1. The normalized spacial score (nSPS) is 12.5. The van der Waals surface area contributed by atoms with E-state index in [9.17, 15) is 20.0 Å². The minimum atomic E-state index is -0.989. The van der Waals surface area contributed by atoms with E-state index in [0.717, 1.165) is 10.9 Å². The molecule has 0 saturated carbocycles. The quantitative estimate of drug-likeness (QED) is 0.171. The Balaban J connectivity index is 1.49. The van der Waals surface area contributed by atoms with Crippen molar-refractivity contribution in [1.29, 1.82) is 0 Å². The molecule has 0 aliphatic rings. The van der Waals surface area contributed by atoms with E-state index in [1.165, 1.54) is 16.8 Å². The zero-order chi connectivity index (χ0) is 29.7. The average molecular weight is 581 g/mol. The zero-order valence-electron chi connectivity index (χ0n) is 23.4. The largest absolute Gasteiger partial charge is 0.492 e. The van der Waals surface area contributed by atoms with Crippen molar-refractivity contribution in [3.05, 3.63) is 98.7 Å². The highest BCUT2D eigenvalue weighted by molar-refractivity contribution is 6.32. The second-order valence-electron chi connectivity index (χ2n) is 10.7. The minimum Gasteiger partial charge on any atom is -0.492 e. The van der Waals surface area contributed by atoms with Gasteiger partial charge in [0.1, 0.15) is 23.0 Å². The Morgan fingerprint density at radius 1 is 1.15 bits per heavy atom. The number of aryl methyl sites for hydroxylation is 1. The van der Waals surface area contributed by atoms with E-state index in [0.29, 0.717) is 35.6 Å². The predicted molar refractivity (Wildman–Crippen MR) is 156 cm³/mol. The van der Waals surface area contributed by atoms with Gasteiger partial charge in [-0.25, -0.2) is 4.79 Å². The first-order chi connectivity index (χ1) is 19.4. The number of aliphatic hydroxyl groups excluding tert-OH is 1. The molecule has 3 aromatic carbocycles. The van der Waals surface area contributed by atoms with Gasteiger partial charge in [0.25, 0.3) is 5.69 Å². The number of benzene rings is 3. The smallest absolute Gasteiger partial charge is 0.435 e. The van der Waals surface area contributed by atoms with Crippen LogP contribution >= 0.6 is 11.6 Å². The van der Waals surface area contributed by atoms with Gasteiger partial charge >= 0.3 is 6.09 Å². The number of rotatable bonds is 10. The van der Waals surface area contributed by atoms with Crippen molar-refractivity contribution >= 4 is 34.3 Å². The molecule has 10 nitrogen and oxygen atoms in total. The molecule has 0 spiro atoms. The van der Waals surface area contributed by atoms with Crippen LogP contribution in [-0.4, -0.2) is 56.1 Å². The van der Waals surface area contributed by atoms with Crippen LogP contribution in [0.15, 0.2) is 66.7 Å².